The average Bonchev–Trinajstić information content (AvgIpc) is 2.37. The second kappa shape index (κ2) is 6.54. The molecule has 0 aliphatic heterocycles. The summed E-state index contributed by atoms with van der Waals surface area (Å²) in [5.74, 6) is 1.37. The molecule has 0 heterocycles. The predicted molar refractivity (Wildman–Crippen MR) is 77.3 cm³/mol. The molecule has 5 heteroatoms. The maximum atomic E-state index is 12.3. The fourth-order valence-corrected chi connectivity index (χ4v) is 2.33. The highest BCUT2D eigenvalue weighted by Gasteiger charge is 2.20. The van der Waals surface area contributed by atoms with E-state index in [1.165, 1.54) is 7.11 Å². The molecule has 0 radical (unpaired) electrons. The van der Waals surface area contributed by atoms with Gasteiger partial charge in [-0.05, 0) is 25.3 Å². The molecular formula is C13H20N2O2S. The Morgan fingerprint density at radius 1 is 1.56 bits per heavy atom. The number of nitrogen functional groups attached to an aromatic ring is 1. The van der Waals surface area contributed by atoms with Crippen LogP contribution in [0.25, 0.3) is 0 Å². The second-order valence-corrected chi connectivity index (χ2v) is 5.09. The van der Waals surface area contributed by atoms with Crippen LogP contribution in [0.5, 0.6) is 5.75 Å². The molecule has 1 aromatic rings. The molecule has 1 aromatic carbocycles. The molecule has 2 N–H and O–H groups in total. The van der Waals surface area contributed by atoms with Gasteiger partial charge in [0.1, 0.15) is 5.75 Å². The summed E-state index contributed by atoms with van der Waals surface area (Å²) in [5, 5.41) is 0. The largest absolute Gasteiger partial charge is 0.496 e. The van der Waals surface area contributed by atoms with E-state index in [0.717, 1.165) is 5.75 Å². The fraction of sp³-hybridized carbons (Fsp3) is 0.462. The summed E-state index contributed by atoms with van der Waals surface area (Å²) < 4.78 is 5.20. The van der Waals surface area contributed by atoms with E-state index >= 15 is 0 Å². The summed E-state index contributed by atoms with van der Waals surface area (Å²) in [5.41, 5.74) is 6.81. The molecule has 4 nitrogen and oxygen atoms in total. The van der Waals surface area contributed by atoms with Crippen molar-refractivity contribution >= 4 is 23.4 Å². The Balaban J connectivity index is 2.96. The summed E-state index contributed by atoms with van der Waals surface area (Å²) in [6, 6.07) is 5.26. The zero-order chi connectivity index (χ0) is 13.7. The Hall–Kier alpha value is -1.36. The number of rotatable bonds is 5. The van der Waals surface area contributed by atoms with Crippen LogP contribution >= 0.6 is 11.8 Å². The summed E-state index contributed by atoms with van der Waals surface area (Å²) >= 11 is 1.72. The molecule has 0 spiro atoms. The average molecular weight is 268 g/mol. The number of carbonyl (C=O) groups is 1. The van der Waals surface area contributed by atoms with Gasteiger partial charge in [0.25, 0.3) is 5.91 Å². The van der Waals surface area contributed by atoms with Crippen LogP contribution in [-0.4, -0.2) is 43.0 Å². The number of nitrogens with two attached hydrogens (primary N) is 1. The van der Waals surface area contributed by atoms with Crippen LogP contribution in [0.1, 0.15) is 17.3 Å². The number of thioether (sulfide) groups is 1. The summed E-state index contributed by atoms with van der Waals surface area (Å²) in [6.45, 7) is 2.03. The van der Waals surface area contributed by atoms with E-state index < -0.39 is 0 Å². The molecule has 0 fully saturated rings. The van der Waals surface area contributed by atoms with E-state index in [0.29, 0.717) is 17.0 Å². The number of hydrogen-bond donors (Lipinski definition) is 1. The van der Waals surface area contributed by atoms with Gasteiger partial charge >= 0.3 is 0 Å². The quantitative estimate of drug-likeness (QED) is 0.831. The molecule has 1 amide bonds. The SMILES string of the molecule is COc1cc(N)ccc1C(=O)N(C)C(C)CSC. The smallest absolute Gasteiger partial charge is 0.257 e. The van der Waals surface area contributed by atoms with Crippen LogP contribution < -0.4 is 10.5 Å². The topological polar surface area (TPSA) is 55.6 Å². The van der Waals surface area contributed by atoms with Gasteiger partial charge < -0.3 is 15.4 Å². The minimum Gasteiger partial charge on any atom is -0.496 e. The number of nitrogens with zero attached hydrogens (tertiary/aromatic N) is 1. The summed E-state index contributed by atoms with van der Waals surface area (Å²) in [4.78, 5) is 14.1. The molecule has 1 unspecified atom stereocenters. The van der Waals surface area contributed by atoms with E-state index in [-0.39, 0.29) is 11.9 Å². The monoisotopic (exact) mass is 268 g/mol. The molecule has 1 atom stereocenters. The van der Waals surface area contributed by atoms with E-state index in [4.69, 9.17) is 10.5 Å². The third-order valence-corrected chi connectivity index (χ3v) is 3.66. The molecule has 0 saturated carbocycles. The van der Waals surface area contributed by atoms with E-state index in [1.807, 2.05) is 13.2 Å². The highest BCUT2D eigenvalue weighted by Crippen LogP contribution is 2.23. The Morgan fingerprint density at radius 2 is 2.22 bits per heavy atom. The number of anilines is 1. The first-order valence-electron chi connectivity index (χ1n) is 5.70. The molecule has 0 aromatic heterocycles. The van der Waals surface area contributed by atoms with Gasteiger partial charge in [-0.3, -0.25) is 4.79 Å². The summed E-state index contributed by atoms with van der Waals surface area (Å²) in [7, 11) is 3.34. The molecule has 0 saturated heterocycles. The number of benzene rings is 1. The van der Waals surface area contributed by atoms with Crippen LogP contribution in [0.15, 0.2) is 18.2 Å². The summed E-state index contributed by atoms with van der Waals surface area (Å²) in [6.07, 6.45) is 2.03. The van der Waals surface area contributed by atoms with Gasteiger partial charge in [0.05, 0.1) is 12.7 Å². The van der Waals surface area contributed by atoms with E-state index in [9.17, 15) is 4.79 Å². The van der Waals surface area contributed by atoms with Crippen LogP contribution in [0.4, 0.5) is 5.69 Å². The minimum atomic E-state index is -0.0478. The number of amides is 1. The highest BCUT2D eigenvalue weighted by atomic mass is 32.2. The van der Waals surface area contributed by atoms with Gasteiger partial charge in [-0.1, -0.05) is 0 Å². The van der Waals surface area contributed by atoms with Gasteiger partial charge in [-0.15, -0.1) is 0 Å². The molecule has 1 rings (SSSR count). The molecular weight excluding hydrogens is 248 g/mol. The first-order valence-corrected chi connectivity index (χ1v) is 7.10. The number of methoxy groups -OCH3 is 1. The van der Waals surface area contributed by atoms with Crippen molar-refractivity contribution in [3.05, 3.63) is 23.8 Å². The molecule has 18 heavy (non-hydrogen) atoms. The van der Waals surface area contributed by atoms with Gasteiger partial charge in [0.15, 0.2) is 0 Å². The van der Waals surface area contributed by atoms with Crippen molar-refractivity contribution in [3.63, 3.8) is 0 Å². The van der Waals surface area contributed by atoms with Crippen LogP contribution in [0, 0.1) is 0 Å². The van der Waals surface area contributed by atoms with E-state index in [2.05, 4.69) is 0 Å². The Kier molecular flexibility index (Phi) is 5.34. The third kappa shape index (κ3) is 3.32. The molecule has 0 bridgehead atoms. The highest BCUT2D eigenvalue weighted by molar-refractivity contribution is 7.98. The Labute approximate surface area is 112 Å². The normalized spacial score (nSPS) is 12.0. The third-order valence-electron chi connectivity index (χ3n) is 2.85. The lowest BCUT2D eigenvalue weighted by molar-refractivity contribution is 0.0754. The van der Waals surface area contributed by atoms with Gasteiger partial charge in [0, 0.05) is 30.6 Å². The standard InChI is InChI=1S/C13H20N2O2S/c1-9(8-18-4)15(2)13(16)11-6-5-10(14)7-12(11)17-3/h5-7,9H,8,14H2,1-4H3. The maximum absolute atomic E-state index is 12.3. The fourth-order valence-electron chi connectivity index (χ4n) is 1.63. The van der Waals surface area contributed by atoms with Crippen LogP contribution in [-0.2, 0) is 0 Å². The van der Waals surface area contributed by atoms with Crippen molar-refractivity contribution in [1.82, 2.24) is 4.90 Å². The van der Waals surface area contributed by atoms with Crippen molar-refractivity contribution in [2.24, 2.45) is 0 Å². The second-order valence-electron chi connectivity index (χ2n) is 4.18. The Bertz CT molecular complexity index is 423. The Morgan fingerprint density at radius 3 is 2.78 bits per heavy atom. The van der Waals surface area contributed by atoms with Crippen molar-refractivity contribution in [2.75, 3.05) is 31.9 Å². The first-order chi connectivity index (χ1) is 8.51. The number of carbonyl (C=O) groups excluding carboxylic acids is 1. The van der Waals surface area contributed by atoms with Crippen molar-refractivity contribution in [3.8, 4) is 5.75 Å². The molecule has 100 valence electrons. The van der Waals surface area contributed by atoms with Crippen molar-refractivity contribution in [2.45, 2.75) is 13.0 Å². The van der Waals surface area contributed by atoms with Crippen LogP contribution in [0.3, 0.4) is 0 Å². The van der Waals surface area contributed by atoms with Gasteiger partial charge in [0.2, 0.25) is 0 Å². The van der Waals surface area contributed by atoms with Gasteiger partial charge in [-0.25, -0.2) is 0 Å². The lowest BCUT2D eigenvalue weighted by atomic mass is 10.1. The number of ether oxygens (including phenoxy) is 1. The zero-order valence-electron chi connectivity index (χ0n) is 11.3. The van der Waals surface area contributed by atoms with Gasteiger partial charge in [-0.2, -0.15) is 11.8 Å². The van der Waals surface area contributed by atoms with Crippen LogP contribution in [0.2, 0.25) is 0 Å². The number of hydrogen-bond acceptors (Lipinski definition) is 4. The lowest BCUT2D eigenvalue weighted by Gasteiger charge is -2.25. The maximum Gasteiger partial charge on any atom is 0.257 e. The zero-order valence-corrected chi connectivity index (χ0v) is 12.1. The molecule has 0 aliphatic carbocycles. The first kappa shape index (κ1) is 14.7. The predicted octanol–water partition coefficient (Wildman–Crippen LogP) is 2.10. The van der Waals surface area contributed by atoms with E-state index in [1.54, 1.807) is 41.9 Å². The lowest BCUT2D eigenvalue weighted by Crippen LogP contribution is -2.36. The molecule has 0 aliphatic rings. The minimum absolute atomic E-state index is 0.0478. The van der Waals surface area contributed by atoms with Crippen molar-refractivity contribution < 1.29 is 9.53 Å². The van der Waals surface area contributed by atoms with Crippen molar-refractivity contribution in [1.29, 1.82) is 0 Å².